The van der Waals surface area contributed by atoms with Crippen LogP contribution in [0.4, 0.5) is 9.52 Å². The van der Waals surface area contributed by atoms with Crippen molar-refractivity contribution in [1.29, 1.82) is 0 Å². The van der Waals surface area contributed by atoms with Gasteiger partial charge in [-0.3, -0.25) is 9.69 Å². The maximum Gasteiger partial charge on any atom is 0.233 e. The molecule has 0 atom stereocenters. The highest BCUT2D eigenvalue weighted by Crippen LogP contribution is 2.26. The molecule has 1 saturated heterocycles. The van der Waals surface area contributed by atoms with Crippen LogP contribution in [-0.2, 0) is 17.9 Å². The SMILES string of the molecule is O=C(CSc1nnc(NCc2ccc(F)cc2)s1)N1CCN(Cc2ccccc2)CC1. The number of nitrogens with zero attached hydrogens (tertiary/aromatic N) is 4. The Morgan fingerprint density at radius 2 is 1.74 bits per heavy atom. The van der Waals surface area contributed by atoms with Crippen LogP contribution < -0.4 is 5.32 Å². The molecule has 1 fully saturated rings. The molecule has 0 bridgehead atoms. The summed E-state index contributed by atoms with van der Waals surface area (Å²) >= 11 is 2.84. The molecule has 0 saturated carbocycles. The van der Waals surface area contributed by atoms with Crippen molar-refractivity contribution in [2.45, 2.75) is 17.4 Å². The lowest BCUT2D eigenvalue weighted by Gasteiger charge is -2.34. The minimum absolute atomic E-state index is 0.139. The first-order valence-electron chi connectivity index (χ1n) is 10.1. The summed E-state index contributed by atoms with van der Waals surface area (Å²) in [6.07, 6.45) is 0. The second kappa shape index (κ2) is 10.7. The fourth-order valence-electron chi connectivity index (χ4n) is 3.33. The van der Waals surface area contributed by atoms with Crippen molar-refractivity contribution in [3.63, 3.8) is 0 Å². The lowest BCUT2D eigenvalue weighted by molar-refractivity contribution is -0.130. The molecular formula is C22H24FN5OS2. The zero-order valence-corrected chi connectivity index (χ0v) is 18.7. The van der Waals surface area contributed by atoms with Crippen LogP contribution in [0.15, 0.2) is 58.9 Å². The third-order valence-corrected chi connectivity index (χ3v) is 7.06. The van der Waals surface area contributed by atoms with E-state index >= 15 is 0 Å². The second-order valence-corrected chi connectivity index (χ2v) is 9.48. The van der Waals surface area contributed by atoms with E-state index in [1.54, 1.807) is 12.1 Å². The van der Waals surface area contributed by atoms with Crippen LogP contribution in [0, 0.1) is 5.82 Å². The maximum absolute atomic E-state index is 13.0. The number of aromatic nitrogens is 2. The van der Waals surface area contributed by atoms with Crippen molar-refractivity contribution in [3.05, 3.63) is 71.5 Å². The van der Waals surface area contributed by atoms with Gasteiger partial charge < -0.3 is 10.2 Å². The first kappa shape index (κ1) is 21.7. The van der Waals surface area contributed by atoms with Gasteiger partial charge in [0, 0.05) is 39.3 Å². The zero-order chi connectivity index (χ0) is 21.5. The van der Waals surface area contributed by atoms with E-state index in [0.29, 0.717) is 17.4 Å². The van der Waals surface area contributed by atoms with E-state index in [-0.39, 0.29) is 11.7 Å². The van der Waals surface area contributed by atoms with Gasteiger partial charge >= 0.3 is 0 Å². The summed E-state index contributed by atoms with van der Waals surface area (Å²) in [5.74, 6) is 0.256. The van der Waals surface area contributed by atoms with Gasteiger partial charge in [-0.15, -0.1) is 10.2 Å². The third kappa shape index (κ3) is 6.49. The number of hydrogen-bond acceptors (Lipinski definition) is 7. The number of carbonyl (C=O) groups excluding carboxylic acids is 1. The second-order valence-electron chi connectivity index (χ2n) is 7.28. The molecule has 0 radical (unpaired) electrons. The number of carbonyl (C=O) groups is 1. The van der Waals surface area contributed by atoms with Crippen molar-refractivity contribution >= 4 is 34.1 Å². The molecule has 0 unspecified atom stereocenters. The normalized spacial score (nSPS) is 14.5. The van der Waals surface area contributed by atoms with E-state index in [9.17, 15) is 9.18 Å². The Labute approximate surface area is 189 Å². The quantitative estimate of drug-likeness (QED) is 0.520. The Hall–Kier alpha value is -2.49. The van der Waals surface area contributed by atoms with Crippen LogP contribution in [-0.4, -0.2) is 57.8 Å². The summed E-state index contributed by atoms with van der Waals surface area (Å²) in [5, 5.41) is 12.1. The van der Waals surface area contributed by atoms with E-state index in [2.05, 4.69) is 44.7 Å². The highest BCUT2D eigenvalue weighted by atomic mass is 32.2. The fourth-order valence-corrected chi connectivity index (χ4v) is 4.98. The molecule has 3 aromatic rings. The molecule has 2 heterocycles. The molecular weight excluding hydrogens is 433 g/mol. The smallest absolute Gasteiger partial charge is 0.233 e. The molecule has 1 N–H and O–H groups in total. The van der Waals surface area contributed by atoms with Crippen LogP contribution in [0.1, 0.15) is 11.1 Å². The number of anilines is 1. The molecule has 0 aliphatic carbocycles. The predicted molar refractivity (Wildman–Crippen MR) is 123 cm³/mol. The highest BCUT2D eigenvalue weighted by Gasteiger charge is 2.21. The van der Waals surface area contributed by atoms with Crippen molar-refractivity contribution in [3.8, 4) is 0 Å². The Morgan fingerprint density at radius 3 is 2.48 bits per heavy atom. The first-order valence-corrected chi connectivity index (χ1v) is 11.9. The number of nitrogens with one attached hydrogen (secondary N) is 1. The molecule has 1 aliphatic heterocycles. The summed E-state index contributed by atoms with van der Waals surface area (Å²) in [6.45, 7) is 4.77. The van der Waals surface area contributed by atoms with Gasteiger partial charge in [-0.25, -0.2) is 4.39 Å². The topological polar surface area (TPSA) is 61.4 Å². The van der Waals surface area contributed by atoms with Gasteiger partial charge in [0.15, 0.2) is 4.34 Å². The minimum Gasteiger partial charge on any atom is -0.356 e. The zero-order valence-electron chi connectivity index (χ0n) is 17.0. The number of amides is 1. The van der Waals surface area contributed by atoms with Crippen molar-refractivity contribution in [1.82, 2.24) is 20.0 Å². The van der Waals surface area contributed by atoms with E-state index < -0.39 is 0 Å². The summed E-state index contributed by atoms with van der Waals surface area (Å²) < 4.78 is 13.7. The fraction of sp³-hybridized carbons (Fsp3) is 0.318. The Bertz CT molecular complexity index is 975. The van der Waals surface area contributed by atoms with Gasteiger partial charge in [0.05, 0.1) is 5.75 Å². The van der Waals surface area contributed by atoms with Crippen LogP contribution in [0.2, 0.25) is 0 Å². The summed E-state index contributed by atoms with van der Waals surface area (Å²) in [7, 11) is 0. The molecule has 9 heteroatoms. The molecule has 1 aliphatic rings. The van der Waals surface area contributed by atoms with Gasteiger partial charge in [0.25, 0.3) is 0 Å². The lowest BCUT2D eigenvalue weighted by atomic mass is 10.2. The van der Waals surface area contributed by atoms with Gasteiger partial charge in [-0.1, -0.05) is 65.6 Å². The molecule has 0 spiro atoms. The molecule has 1 aromatic heterocycles. The van der Waals surface area contributed by atoms with Gasteiger partial charge in [0.2, 0.25) is 11.0 Å². The van der Waals surface area contributed by atoms with E-state index in [1.165, 1.54) is 40.8 Å². The van der Waals surface area contributed by atoms with Gasteiger partial charge in [0.1, 0.15) is 5.82 Å². The van der Waals surface area contributed by atoms with Crippen LogP contribution >= 0.6 is 23.1 Å². The number of benzene rings is 2. The first-order chi connectivity index (χ1) is 15.2. The number of rotatable bonds is 8. The minimum atomic E-state index is -0.249. The lowest BCUT2D eigenvalue weighted by Crippen LogP contribution is -2.48. The van der Waals surface area contributed by atoms with Crippen molar-refractivity contribution in [2.75, 3.05) is 37.2 Å². The number of piperazine rings is 1. The molecule has 4 rings (SSSR count). The number of hydrogen-bond donors (Lipinski definition) is 1. The van der Waals surface area contributed by atoms with E-state index in [1.807, 2.05) is 11.0 Å². The van der Waals surface area contributed by atoms with Crippen LogP contribution in [0.25, 0.3) is 0 Å². The number of halogens is 1. The van der Waals surface area contributed by atoms with Gasteiger partial charge in [-0.2, -0.15) is 0 Å². The summed E-state index contributed by atoms with van der Waals surface area (Å²) in [6, 6.07) is 16.8. The van der Waals surface area contributed by atoms with E-state index in [4.69, 9.17) is 0 Å². The Kier molecular flexibility index (Phi) is 7.50. The maximum atomic E-state index is 13.0. The molecule has 2 aromatic carbocycles. The summed E-state index contributed by atoms with van der Waals surface area (Å²) in [4.78, 5) is 16.9. The molecule has 1 amide bonds. The van der Waals surface area contributed by atoms with Crippen molar-refractivity contribution in [2.24, 2.45) is 0 Å². The predicted octanol–water partition coefficient (Wildman–Crippen LogP) is 3.73. The Balaban J connectivity index is 1.17. The van der Waals surface area contributed by atoms with Gasteiger partial charge in [-0.05, 0) is 23.3 Å². The standard InChI is InChI=1S/C22H24FN5OS2/c23-19-8-6-17(7-9-19)14-24-21-25-26-22(31-21)30-16-20(29)28-12-10-27(11-13-28)15-18-4-2-1-3-5-18/h1-9H,10-16H2,(H,24,25). The molecule has 31 heavy (non-hydrogen) atoms. The highest BCUT2D eigenvalue weighted by molar-refractivity contribution is 8.01. The van der Waals surface area contributed by atoms with Crippen LogP contribution in [0.5, 0.6) is 0 Å². The van der Waals surface area contributed by atoms with Crippen molar-refractivity contribution < 1.29 is 9.18 Å². The molecule has 162 valence electrons. The van der Waals surface area contributed by atoms with E-state index in [0.717, 1.165) is 42.6 Å². The third-order valence-electron chi connectivity index (χ3n) is 5.06. The average molecular weight is 458 g/mol. The summed E-state index contributed by atoms with van der Waals surface area (Å²) in [5.41, 5.74) is 2.27. The molecule has 6 nitrogen and oxygen atoms in total. The largest absolute Gasteiger partial charge is 0.356 e. The van der Waals surface area contributed by atoms with Crippen LogP contribution in [0.3, 0.4) is 0 Å². The number of thioether (sulfide) groups is 1. The monoisotopic (exact) mass is 457 g/mol. The Morgan fingerprint density at radius 1 is 1.00 bits per heavy atom. The average Bonchev–Trinajstić information content (AvgIpc) is 3.26.